The van der Waals surface area contributed by atoms with Gasteiger partial charge in [-0.3, -0.25) is 4.79 Å². The number of rotatable bonds is 8. The van der Waals surface area contributed by atoms with Crippen LogP contribution in [0.25, 0.3) is 0 Å². The Morgan fingerprint density at radius 3 is 2.31 bits per heavy atom. The molecule has 1 amide bonds. The van der Waals surface area contributed by atoms with Crippen molar-refractivity contribution >= 4 is 17.3 Å². The summed E-state index contributed by atoms with van der Waals surface area (Å²) in [6.07, 6.45) is 2.49. The number of nitrogens with zero attached hydrogens (tertiary/aromatic N) is 1. The second kappa shape index (κ2) is 9.68. The van der Waals surface area contributed by atoms with Crippen molar-refractivity contribution in [2.45, 2.75) is 26.4 Å². The third-order valence-corrected chi connectivity index (χ3v) is 4.14. The molecule has 0 saturated heterocycles. The highest BCUT2D eigenvalue weighted by atomic mass is 19.1. The SMILES string of the molecule is CC(C)Oc1ccc(NC(=O)c2ccc(NCCc3ccc(F)cc3)cn2)cc1. The minimum atomic E-state index is -0.277. The maximum atomic E-state index is 12.9. The Kier molecular flexibility index (Phi) is 6.79. The first kappa shape index (κ1) is 20.3. The van der Waals surface area contributed by atoms with E-state index < -0.39 is 0 Å². The van der Waals surface area contributed by atoms with Gasteiger partial charge in [0.2, 0.25) is 0 Å². The molecule has 0 saturated carbocycles. The Morgan fingerprint density at radius 2 is 1.69 bits per heavy atom. The van der Waals surface area contributed by atoms with Crippen LogP contribution < -0.4 is 15.4 Å². The van der Waals surface area contributed by atoms with Crippen molar-refractivity contribution in [1.29, 1.82) is 0 Å². The third-order valence-electron chi connectivity index (χ3n) is 4.14. The van der Waals surface area contributed by atoms with E-state index in [1.54, 1.807) is 36.5 Å². The molecule has 150 valence electrons. The summed E-state index contributed by atoms with van der Waals surface area (Å²) in [6, 6.07) is 17.1. The fourth-order valence-electron chi connectivity index (χ4n) is 2.72. The van der Waals surface area contributed by atoms with Gasteiger partial charge >= 0.3 is 0 Å². The highest BCUT2D eigenvalue weighted by Crippen LogP contribution is 2.17. The van der Waals surface area contributed by atoms with Crippen molar-refractivity contribution in [3.8, 4) is 5.75 Å². The van der Waals surface area contributed by atoms with Crippen LogP contribution in [0, 0.1) is 5.82 Å². The van der Waals surface area contributed by atoms with Crippen molar-refractivity contribution < 1.29 is 13.9 Å². The van der Waals surface area contributed by atoms with Crippen LogP contribution in [-0.2, 0) is 6.42 Å². The lowest BCUT2D eigenvalue weighted by Crippen LogP contribution is -2.14. The van der Waals surface area contributed by atoms with Gasteiger partial charge in [-0.05, 0) is 74.4 Å². The van der Waals surface area contributed by atoms with Crippen molar-refractivity contribution in [3.63, 3.8) is 0 Å². The summed E-state index contributed by atoms with van der Waals surface area (Å²) in [5, 5.41) is 6.06. The first-order valence-electron chi connectivity index (χ1n) is 9.52. The lowest BCUT2D eigenvalue weighted by Gasteiger charge is -2.11. The van der Waals surface area contributed by atoms with Crippen LogP contribution in [0.1, 0.15) is 29.9 Å². The van der Waals surface area contributed by atoms with Crippen LogP contribution in [0.15, 0.2) is 66.9 Å². The zero-order valence-corrected chi connectivity index (χ0v) is 16.5. The smallest absolute Gasteiger partial charge is 0.274 e. The van der Waals surface area contributed by atoms with E-state index in [1.165, 1.54) is 12.1 Å². The van der Waals surface area contributed by atoms with E-state index in [-0.39, 0.29) is 17.8 Å². The number of pyridine rings is 1. The lowest BCUT2D eigenvalue weighted by atomic mass is 10.1. The number of ether oxygens (including phenoxy) is 1. The monoisotopic (exact) mass is 393 g/mol. The summed E-state index contributed by atoms with van der Waals surface area (Å²) >= 11 is 0. The summed E-state index contributed by atoms with van der Waals surface area (Å²) in [5.74, 6) is 0.243. The minimum Gasteiger partial charge on any atom is -0.491 e. The minimum absolute atomic E-state index is 0.0995. The molecule has 5 nitrogen and oxygen atoms in total. The number of carbonyl (C=O) groups excluding carboxylic acids is 1. The number of nitrogens with one attached hydrogen (secondary N) is 2. The van der Waals surface area contributed by atoms with E-state index >= 15 is 0 Å². The number of hydrogen-bond acceptors (Lipinski definition) is 4. The van der Waals surface area contributed by atoms with Crippen LogP contribution >= 0.6 is 0 Å². The molecule has 0 unspecified atom stereocenters. The standard InChI is InChI=1S/C23H24FN3O2/c1-16(2)29-21-10-7-19(8-11-21)27-23(28)22-12-9-20(15-26-22)25-14-13-17-3-5-18(24)6-4-17/h3-12,15-16,25H,13-14H2,1-2H3,(H,27,28). The van der Waals surface area contributed by atoms with Crippen LogP contribution in [0.3, 0.4) is 0 Å². The Bertz CT molecular complexity index is 924. The predicted octanol–water partition coefficient (Wildman–Crippen LogP) is 4.91. The molecule has 0 aliphatic heterocycles. The van der Waals surface area contributed by atoms with Gasteiger partial charge in [-0.15, -0.1) is 0 Å². The quantitative estimate of drug-likeness (QED) is 0.570. The maximum absolute atomic E-state index is 12.9. The highest BCUT2D eigenvalue weighted by Gasteiger charge is 2.08. The van der Waals surface area contributed by atoms with Crippen molar-refractivity contribution in [2.24, 2.45) is 0 Å². The Labute approximate surface area is 169 Å². The van der Waals surface area contributed by atoms with Crippen molar-refractivity contribution in [1.82, 2.24) is 4.98 Å². The van der Waals surface area contributed by atoms with Gasteiger partial charge in [0, 0.05) is 12.2 Å². The van der Waals surface area contributed by atoms with Gasteiger partial charge in [0.25, 0.3) is 5.91 Å². The first-order chi connectivity index (χ1) is 14.0. The van der Waals surface area contributed by atoms with Crippen LogP contribution in [-0.4, -0.2) is 23.5 Å². The molecule has 2 aromatic carbocycles. The van der Waals surface area contributed by atoms with Gasteiger partial charge in [0.15, 0.2) is 0 Å². The summed E-state index contributed by atoms with van der Waals surface area (Å²) < 4.78 is 18.5. The fourth-order valence-corrected chi connectivity index (χ4v) is 2.72. The second-order valence-corrected chi connectivity index (χ2v) is 6.88. The Hall–Kier alpha value is -3.41. The van der Waals surface area contributed by atoms with E-state index in [4.69, 9.17) is 4.74 Å². The number of halogens is 1. The van der Waals surface area contributed by atoms with E-state index in [0.717, 1.165) is 23.4 Å². The molecule has 6 heteroatoms. The van der Waals surface area contributed by atoms with Crippen LogP contribution in [0.5, 0.6) is 5.75 Å². The van der Waals surface area contributed by atoms with E-state index in [0.29, 0.717) is 17.9 Å². The number of anilines is 2. The predicted molar refractivity (Wildman–Crippen MR) is 113 cm³/mol. The number of amides is 1. The van der Waals surface area contributed by atoms with Gasteiger partial charge in [-0.2, -0.15) is 0 Å². The molecular formula is C23H24FN3O2. The van der Waals surface area contributed by atoms with Crippen molar-refractivity contribution in [2.75, 3.05) is 17.2 Å². The lowest BCUT2D eigenvalue weighted by molar-refractivity contribution is 0.102. The molecule has 0 spiro atoms. The molecule has 0 radical (unpaired) electrons. The largest absolute Gasteiger partial charge is 0.491 e. The van der Waals surface area contributed by atoms with Gasteiger partial charge in [-0.25, -0.2) is 9.37 Å². The summed E-state index contributed by atoms with van der Waals surface area (Å²) in [6.45, 7) is 4.61. The van der Waals surface area contributed by atoms with Gasteiger partial charge in [0.1, 0.15) is 17.3 Å². The molecule has 1 aromatic heterocycles. The molecule has 1 heterocycles. The van der Waals surface area contributed by atoms with E-state index in [2.05, 4.69) is 15.6 Å². The molecule has 29 heavy (non-hydrogen) atoms. The average Bonchev–Trinajstić information content (AvgIpc) is 2.71. The molecule has 0 bridgehead atoms. The number of carbonyl (C=O) groups is 1. The van der Waals surface area contributed by atoms with E-state index in [9.17, 15) is 9.18 Å². The van der Waals surface area contributed by atoms with Crippen LogP contribution in [0.2, 0.25) is 0 Å². The van der Waals surface area contributed by atoms with Gasteiger partial charge in [0.05, 0.1) is 18.0 Å². The number of hydrogen-bond donors (Lipinski definition) is 2. The second-order valence-electron chi connectivity index (χ2n) is 6.88. The average molecular weight is 393 g/mol. The molecule has 0 atom stereocenters. The van der Waals surface area contributed by atoms with Gasteiger partial charge in [-0.1, -0.05) is 12.1 Å². The summed E-state index contributed by atoms with van der Waals surface area (Å²) in [5.41, 5.74) is 2.87. The molecule has 3 rings (SSSR count). The Balaban J connectivity index is 1.49. The van der Waals surface area contributed by atoms with Crippen molar-refractivity contribution in [3.05, 3.63) is 83.9 Å². The normalized spacial score (nSPS) is 10.6. The zero-order chi connectivity index (χ0) is 20.6. The molecule has 2 N–H and O–H groups in total. The molecule has 0 fully saturated rings. The number of benzene rings is 2. The summed E-state index contributed by atoms with van der Waals surface area (Å²) in [7, 11) is 0. The van der Waals surface area contributed by atoms with Crippen LogP contribution in [0.4, 0.5) is 15.8 Å². The molecule has 0 aliphatic rings. The highest BCUT2D eigenvalue weighted by molar-refractivity contribution is 6.02. The van der Waals surface area contributed by atoms with Gasteiger partial charge < -0.3 is 15.4 Å². The topological polar surface area (TPSA) is 63.2 Å². The summed E-state index contributed by atoms with van der Waals surface area (Å²) in [4.78, 5) is 16.6. The fraction of sp³-hybridized carbons (Fsp3) is 0.217. The molecule has 3 aromatic rings. The molecular weight excluding hydrogens is 369 g/mol. The first-order valence-corrected chi connectivity index (χ1v) is 9.52. The van der Waals surface area contributed by atoms with E-state index in [1.807, 2.05) is 32.0 Å². The third kappa shape index (κ3) is 6.31. The maximum Gasteiger partial charge on any atom is 0.274 e. The molecule has 0 aliphatic carbocycles. The number of aromatic nitrogens is 1. The zero-order valence-electron chi connectivity index (χ0n) is 16.5. The Morgan fingerprint density at radius 1 is 1.00 bits per heavy atom.